The van der Waals surface area contributed by atoms with Crippen LogP contribution in [0.4, 0.5) is 5.69 Å². The standard InChI is InChI=1S/C15H24ClN3/c1-18(2)12-13-6-5-10-19(13)11-9-17-15-8-4-3-7-14(15)16/h3-4,7-8,13,17H,5-6,9-12H2,1-2H3. The molecule has 1 unspecified atom stereocenters. The molecule has 0 bridgehead atoms. The lowest BCUT2D eigenvalue weighted by Gasteiger charge is -2.27. The molecule has 0 spiro atoms. The molecule has 106 valence electrons. The maximum absolute atomic E-state index is 6.13. The van der Waals surface area contributed by atoms with Crippen LogP contribution in [0.5, 0.6) is 0 Å². The van der Waals surface area contributed by atoms with E-state index in [4.69, 9.17) is 11.6 Å². The average Bonchev–Trinajstić information content (AvgIpc) is 2.78. The molecule has 1 saturated heterocycles. The summed E-state index contributed by atoms with van der Waals surface area (Å²) in [6.07, 6.45) is 2.65. The molecule has 0 radical (unpaired) electrons. The summed E-state index contributed by atoms with van der Waals surface area (Å²) in [6.45, 7) is 4.42. The van der Waals surface area contributed by atoms with Gasteiger partial charge in [0.05, 0.1) is 10.7 Å². The molecule has 0 amide bonds. The number of nitrogens with zero attached hydrogens (tertiary/aromatic N) is 2. The van der Waals surface area contributed by atoms with Gasteiger partial charge in [0.1, 0.15) is 0 Å². The Hall–Kier alpha value is -0.770. The van der Waals surface area contributed by atoms with E-state index in [0.29, 0.717) is 6.04 Å². The Bertz CT molecular complexity index is 395. The summed E-state index contributed by atoms with van der Waals surface area (Å²) in [4.78, 5) is 4.87. The van der Waals surface area contributed by atoms with Crippen molar-refractivity contribution in [2.24, 2.45) is 0 Å². The number of likely N-dealkylation sites (tertiary alicyclic amines) is 1. The summed E-state index contributed by atoms with van der Waals surface area (Å²) in [5, 5.41) is 4.23. The van der Waals surface area contributed by atoms with Crippen molar-refractivity contribution in [3.8, 4) is 0 Å². The smallest absolute Gasteiger partial charge is 0.0637 e. The number of benzene rings is 1. The molecule has 1 N–H and O–H groups in total. The number of nitrogens with one attached hydrogen (secondary N) is 1. The molecule has 1 aromatic carbocycles. The molecule has 3 nitrogen and oxygen atoms in total. The quantitative estimate of drug-likeness (QED) is 0.865. The van der Waals surface area contributed by atoms with E-state index < -0.39 is 0 Å². The fraction of sp³-hybridized carbons (Fsp3) is 0.600. The van der Waals surface area contributed by atoms with Gasteiger partial charge in [0, 0.05) is 25.7 Å². The van der Waals surface area contributed by atoms with Crippen LogP contribution in [0.3, 0.4) is 0 Å². The molecule has 1 fully saturated rings. The second-order valence-corrected chi connectivity index (χ2v) is 5.91. The molecule has 1 aliphatic rings. The van der Waals surface area contributed by atoms with Crippen LogP contribution in [-0.4, -0.2) is 56.1 Å². The van der Waals surface area contributed by atoms with Crippen molar-refractivity contribution >= 4 is 17.3 Å². The highest BCUT2D eigenvalue weighted by Gasteiger charge is 2.24. The van der Waals surface area contributed by atoms with E-state index in [9.17, 15) is 0 Å². The van der Waals surface area contributed by atoms with Crippen molar-refractivity contribution in [2.45, 2.75) is 18.9 Å². The Morgan fingerprint density at radius 2 is 2.16 bits per heavy atom. The maximum Gasteiger partial charge on any atom is 0.0637 e. The minimum atomic E-state index is 0.711. The Kier molecular flexibility index (Phi) is 5.49. The highest BCUT2D eigenvalue weighted by Crippen LogP contribution is 2.21. The number of likely N-dealkylation sites (N-methyl/N-ethyl adjacent to an activating group) is 1. The lowest BCUT2D eigenvalue weighted by atomic mass is 10.2. The zero-order chi connectivity index (χ0) is 13.7. The number of rotatable bonds is 6. The summed E-state index contributed by atoms with van der Waals surface area (Å²) < 4.78 is 0. The van der Waals surface area contributed by atoms with E-state index in [0.717, 1.165) is 30.3 Å². The van der Waals surface area contributed by atoms with E-state index in [-0.39, 0.29) is 0 Å². The molecular weight excluding hydrogens is 258 g/mol. The third-order valence-corrected chi connectivity index (χ3v) is 3.99. The summed E-state index contributed by atoms with van der Waals surface area (Å²) in [6, 6.07) is 8.64. The second kappa shape index (κ2) is 7.13. The van der Waals surface area contributed by atoms with Gasteiger partial charge in [-0.3, -0.25) is 4.90 Å². The second-order valence-electron chi connectivity index (χ2n) is 5.50. The first-order valence-electron chi connectivity index (χ1n) is 7.04. The van der Waals surface area contributed by atoms with Crippen LogP contribution in [0, 0.1) is 0 Å². The first kappa shape index (κ1) is 14.6. The molecule has 1 heterocycles. The van der Waals surface area contributed by atoms with Gasteiger partial charge in [0.15, 0.2) is 0 Å². The van der Waals surface area contributed by atoms with Gasteiger partial charge in [-0.2, -0.15) is 0 Å². The average molecular weight is 282 g/mol. The Labute approximate surface area is 121 Å². The van der Waals surface area contributed by atoms with Gasteiger partial charge in [-0.1, -0.05) is 23.7 Å². The predicted molar refractivity (Wildman–Crippen MR) is 83.1 cm³/mol. The van der Waals surface area contributed by atoms with E-state index >= 15 is 0 Å². The van der Waals surface area contributed by atoms with Crippen LogP contribution in [0.15, 0.2) is 24.3 Å². The van der Waals surface area contributed by atoms with Crippen molar-refractivity contribution in [2.75, 3.05) is 45.6 Å². The topological polar surface area (TPSA) is 18.5 Å². The van der Waals surface area contributed by atoms with Gasteiger partial charge < -0.3 is 10.2 Å². The Morgan fingerprint density at radius 3 is 2.89 bits per heavy atom. The van der Waals surface area contributed by atoms with Crippen molar-refractivity contribution in [3.05, 3.63) is 29.3 Å². The highest BCUT2D eigenvalue weighted by atomic mass is 35.5. The van der Waals surface area contributed by atoms with Crippen LogP contribution < -0.4 is 5.32 Å². The maximum atomic E-state index is 6.13. The van der Waals surface area contributed by atoms with Crippen LogP contribution in [0.2, 0.25) is 5.02 Å². The van der Waals surface area contributed by atoms with Crippen LogP contribution >= 0.6 is 11.6 Å². The Balaban J connectivity index is 1.77. The van der Waals surface area contributed by atoms with Gasteiger partial charge in [0.25, 0.3) is 0 Å². The first-order chi connectivity index (χ1) is 9.16. The molecule has 0 saturated carbocycles. The summed E-state index contributed by atoms with van der Waals surface area (Å²) in [5.74, 6) is 0. The van der Waals surface area contributed by atoms with Gasteiger partial charge in [-0.15, -0.1) is 0 Å². The Morgan fingerprint density at radius 1 is 1.37 bits per heavy atom. The third-order valence-electron chi connectivity index (χ3n) is 3.66. The highest BCUT2D eigenvalue weighted by molar-refractivity contribution is 6.33. The van der Waals surface area contributed by atoms with Crippen molar-refractivity contribution < 1.29 is 0 Å². The minimum Gasteiger partial charge on any atom is -0.383 e. The summed E-state index contributed by atoms with van der Waals surface area (Å²) >= 11 is 6.13. The monoisotopic (exact) mass is 281 g/mol. The van der Waals surface area contributed by atoms with Crippen molar-refractivity contribution in [1.29, 1.82) is 0 Å². The molecular formula is C15H24ClN3. The largest absolute Gasteiger partial charge is 0.383 e. The van der Waals surface area contributed by atoms with Crippen molar-refractivity contribution in [3.63, 3.8) is 0 Å². The third kappa shape index (κ3) is 4.37. The molecule has 0 aromatic heterocycles. The summed E-state index contributed by atoms with van der Waals surface area (Å²) in [7, 11) is 4.30. The molecule has 0 aliphatic carbocycles. The molecule has 1 aromatic rings. The molecule has 2 rings (SSSR count). The lowest BCUT2D eigenvalue weighted by Crippen LogP contribution is -2.39. The van der Waals surface area contributed by atoms with Gasteiger partial charge in [-0.05, 0) is 45.6 Å². The summed E-state index contributed by atoms with van der Waals surface area (Å²) in [5.41, 5.74) is 1.03. The van der Waals surface area contributed by atoms with E-state index in [1.807, 2.05) is 24.3 Å². The lowest BCUT2D eigenvalue weighted by molar-refractivity contribution is 0.214. The van der Waals surface area contributed by atoms with Gasteiger partial charge in [-0.25, -0.2) is 0 Å². The first-order valence-corrected chi connectivity index (χ1v) is 7.42. The molecule has 1 aliphatic heterocycles. The van der Waals surface area contributed by atoms with Crippen LogP contribution in [0.25, 0.3) is 0 Å². The molecule has 19 heavy (non-hydrogen) atoms. The molecule has 4 heteroatoms. The fourth-order valence-corrected chi connectivity index (χ4v) is 2.96. The van der Waals surface area contributed by atoms with Gasteiger partial charge >= 0.3 is 0 Å². The van der Waals surface area contributed by atoms with Crippen LogP contribution in [0.1, 0.15) is 12.8 Å². The van der Waals surface area contributed by atoms with E-state index in [1.165, 1.54) is 19.4 Å². The normalized spacial score (nSPS) is 20.1. The SMILES string of the molecule is CN(C)CC1CCCN1CCNc1ccccc1Cl. The van der Waals surface area contributed by atoms with Crippen LogP contribution in [-0.2, 0) is 0 Å². The fourth-order valence-electron chi connectivity index (χ4n) is 2.76. The zero-order valence-corrected chi connectivity index (χ0v) is 12.7. The number of anilines is 1. The number of halogens is 1. The van der Waals surface area contributed by atoms with E-state index in [2.05, 4.69) is 29.2 Å². The zero-order valence-electron chi connectivity index (χ0n) is 11.9. The predicted octanol–water partition coefficient (Wildman–Crippen LogP) is 2.78. The minimum absolute atomic E-state index is 0.711. The molecule has 1 atom stereocenters. The van der Waals surface area contributed by atoms with Gasteiger partial charge in [0.2, 0.25) is 0 Å². The number of hydrogen-bond donors (Lipinski definition) is 1. The number of hydrogen-bond acceptors (Lipinski definition) is 3. The van der Waals surface area contributed by atoms with E-state index in [1.54, 1.807) is 0 Å². The van der Waals surface area contributed by atoms with Crippen molar-refractivity contribution in [1.82, 2.24) is 9.80 Å². The number of para-hydroxylation sites is 1.